The lowest BCUT2D eigenvalue weighted by molar-refractivity contribution is 0.731. The van der Waals surface area contributed by atoms with Crippen LogP contribution in [0.4, 0.5) is 5.69 Å². The van der Waals surface area contributed by atoms with E-state index < -0.39 is 0 Å². The van der Waals surface area contributed by atoms with E-state index in [9.17, 15) is 0 Å². The maximum absolute atomic E-state index is 4.20. The van der Waals surface area contributed by atoms with Crippen LogP contribution in [0.3, 0.4) is 0 Å². The van der Waals surface area contributed by atoms with Crippen molar-refractivity contribution in [3.05, 3.63) is 24.0 Å². The van der Waals surface area contributed by atoms with Gasteiger partial charge in [-0.15, -0.1) is 10.2 Å². The molecule has 2 aromatic rings. The first-order valence-electron chi connectivity index (χ1n) is 5.68. The zero-order chi connectivity index (χ0) is 12.4. The third-order valence-electron chi connectivity index (χ3n) is 2.88. The molecule has 0 N–H and O–H groups in total. The van der Waals surface area contributed by atoms with E-state index in [-0.39, 0.29) is 0 Å². The SMILES string of the molecule is CCc1nnc(CN(C)c2cnn(C)c2)n1C. The fourth-order valence-corrected chi connectivity index (χ4v) is 1.75. The number of nitrogens with zero attached hydrogens (tertiary/aromatic N) is 6. The van der Waals surface area contributed by atoms with Gasteiger partial charge in [-0.05, 0) is 0 Å². The Labute approximate surface area is 101 Å². The predicted molar refractivity (Wildman–Crippen MR) is 65.7 cm³/mol. The fraction of sp³-hybridized carbons (Fsp3) is 0.545. The van der Waals surface area contributed by atoms with Gasteiger partial charge >= 0.3 is 0 Å². The van der Waals surface area contributed by atoms with E-state index in [4.69, 9.17) is 0 Å². The fourth-order valence-electron chi connectivity index (χ4n) is 1.75. The molecule has 2 rings (SSSR count). The highest BCUT2D eigenvalue weighted by Crippen LogP contribution is 2.13. The Hall–Kier alpha value is -1.85. The van der Waals surface area contributed by atoms with Gasteiger partial charge < -0.3 is 9.47 Å². The van der Waals surface area contributed by atoms with Crippen molar-refractivity contribution < 1.29 is 0 Å². The summed E-state index contributed by atoms with van der Waals surface area (Å²) in [6, 6.07) is 0. The normalized spacial score (nSPS) is 10.8. The molecule has 17 heavy (non-hydrogen) atoms. The Morgan fingerprint density at radius 2 is 1.94 bits per heavy atom. The van der Waals surface area contributed by atoms with Crippen LogP contribution < -0.4 is 4.90 Å². The van der Waals surface area contributed by atoms with Crippen LogP contribution in [-0.2, 0) is 27.1 Å². The zero-order valence-corrected chi connectivity index (χ0v) is 10.8. The number of hydrogen-bond donors (Lipinski definition) is 0. The van der Waals surface area contributed by atoms with Gasteiger partial charge in [-0.3, -0.25) is 4.68 Å². The van der Waals surface area contributed by atoms with Crippen LogP contribution in [0.15, 0.2) is 12.4 Å². The van der Waals surface area contributed by atoms with Crippen molar-refractivity contribution in [2.45, 2.75) is 19.9 Å². The molecule has 6 nitrogen and oxygen atoms in total. The molecule has 0 spiro atoms. The predicted octanol–water partition coefficient (Wildman–Crippen LogP) is 0.747. The molecule has 0 aliphatic heterocycles. The molecule has 2 heterocycles. The monoisotopic (exact) mass is 234 g/mol. The molecule has 0 aromatic carbocycles. The zero-order valence-electron chi connectivity index (χ0n) is 10.8. The van der Waals surface area contributed by atoms with Gasteiger partial charge in [0.2, 0.25) is 0 Å². The highest BCUT2D eigenvalue weighted by Gasteiger charge is 2.10. The van der Waals surface area contributed by atoms with Crippen LogP contribution in [0.2, 0.25) is 0 Å². The second-order valence-electron chi connectivity index (χ2n) is 4.17. The number of aryl methyl sites for hydroxylation is 2. The van der Waals surface area contributed by atoms with Gasteiger partial charge in [-0.25, -0.2) is 0 Å². The van der Waals surface area contributed by atoms with Crippen molar-refractivity contribution >= 4 is 5.69 Å². The van der Waals surface area contributed by atoms with Crippen LogP contribution in [-0.4, -0.2) is 31.6 Å². The molecule has 0 radical (unpaired) electrons. The lowest BCUT2D eigenvalue weighted by atomic mass is 10.4. The van der Waals surface area contributed by atoms with Crippen molar-refractivity contribution in [2.75, 3.05) is 11.9 Å². The maximum Gasteiger partial charge on any atom is 0.152 e. The molecule has 6 heteroatoms. The number of anilines is 1. The molecule has 92 valence electrons. The lowest BCUT2D eigenvalue weighted by Gasteiger charge is -2.16. The molecule has 2 aromatic heterocycles. The van der Waals surface area contributed by atoms with E-state index in [0.29, 0.717) is 0 Å². The van der Waals surface area contributed by atoms with Gasteiger partial charge in [0, 0.05) is 33.8 Å². The van der Waals surface area contributed by atoms with Gasteiger partial charge in [-0.1, -0.05) is 6.92 Å². The molecule has 0 unspecified atom stereocenters. The molecule has 0 aliphatic rings. The Bertz CT molecular complexity index is 498. The third-order valence-corrected chi connectivity index (χ3v) is 2.88. The lowest BCUT2D eigenvalue weighted by Crippen LogP contribution is -2.19. The van der Waals surface area contributed by atoms with E-state index in [1.54, 1.807) is 4.68 Å². The summed E-state index contributed by atoms with van der Waals surface area (Å²) in [7, 11) is 5.94. The van der Waals surface area contributed by atoms with Crippen molar-refractivity contribution in [1.29, 1.82) is 0 Å². The van der Waals surface area contributed by atoms with E-state index in [1.165, 1.54) is 0 Å². The van der Waals surface area contributed by atoms with Crippen LogP contribution in [0.25, 0.3) is 0 Å². The number of hydrogen-bond acceptors (Lipinski definition) is 4. The van der Waals surface area contributed by atoms with Crippen molar-refractivity contribution in [3.63, 3.8) is 0 Å². The molecule has 0 saturated carbocycles. The first kappa shape index (κ1) is 11.6. The number of aromatic nitrogens is 5. The molecule has 0 saturated heterocycles. The van der Waals surface area contributed by atoms with E-state index in [2.05, 4.69) is 27.1 Å². The minimum absolute atomic E-state index is 0.731. The van der Waals surface area contributed by atoms with Crippen LogP contribution in [0.1, 0.15) is 18.6 Å². The molecule has 0 atom stereocenters. The third kappa shape index (κ3) is 2.30. The first-order chi connectivity index (χ1) is 8.11. The summed E-state index contributed by atoms with van der Waals surface area (Å²) >= 11 is 0. The maximum atomic E-state index is 4.20. The van der Waals surface area contributed by atoms with Gasteiger partial charge in [0.05, 0.1) is 18.4 Å². The standard InChI is InChI=1S/C11H18N6/c1-5-10-13-14-11(17(10)4)8-15(2)9-6-12-16(3)7-9/h6-7H,5,8H2,1-4H3. The molecular weight excluding hydrogens is 216 g/mol. The summed E-state index contributed by atoms with van der Waals surface area (Å²) in [4.78, 5) is 2.11. The molecule has 0 fully saturated rings. The average molecular weight is 234 g/mol. The largest absolute Gasteiger partial charge is 0.365 e. The smallest absolute Gasteiger partial charge is 0.152 e. The summed E-state index contributed by atoms with van der Waals surface area (Å²) in [6.45, 7) is 2.81. The minimum Gasteiger partial charge on any atom is -0.365 e. The summed E-state index contributed by atoms with van der Waals surface area (Å²) in [5, 5.41) is 12.5. The Morgan fingerprint density at radius 1 is 1.24 bits per heavy atom. The summed E-state index contributed by atoms with van der Waals surface area (Å²) in [5.41, 5.74) is 1.08. The molecule has 0 bridgehead atoms. The van der Waals surface area contributed by atoms with Crippen LogP contribution in [0, 0.1) is 0 Å². The van der Waals surface area contributed by atoms with Crippen LogP contribution >= 0.6 is 0 Å². The van der Waals surface area contributed by atoms with E-state index >= 15 is 0 Å². The van der Waals surface area contributed by atoms with Gasteiger partial charge in [-0.2, -0.15) is 5.10 Å². The molecular formula is C11H18N6. The molecule has 0 aliphatic carbocycles. The van der Waals surface area contributed by atoms with Crippen LogP contribution in [0.5, 0.6) is 0 Å². The first-order valence-corrected chi connectivity index (χ1v) is 5.68. The Balaban J connectivity index is 2.12. The second-order valence-corrected chi connectivity index (χ2v) is 4.17. The van der Waals surface area contributed by atoms with E-state index in [0.717, 1.165) is 30.3 Å². The summed E-state index contributed by atoms with van der Waals surface area (Å²) in [6.07, 6.45) is 4.73. The van der Waals surface area contributed by atoms with Crippen molar-refractivity contribution in [3.8, 4) is 0 Å². The average Bonchev–Trinajstić information content (AvgIpc) is 2.87. The van der Waals surface area contributed by atoms with Gasteiger partial charge in [0.25, 0.3) is 0 Å². The van der Waals surface area contributed by atoms with E-state index in [1.807, 2.05) is 38.1 Å². The number of rotatable bonds is 4. The van der Waals surface area contributed by atoms with Crippen molar-refractivity contribution in [1.82, 2.24) is 24.5 Å². The summed E-state index contributed by atoms with van der Waals surface area (Å²) in [5.74, 6) is 1.98. The van der Waals surface area contributed by atoms with Crippen molar-refractivity contribution in [2.24, 2.45) is 14.1 Å². The van der Waals surface area contributed by atoms with Gasteiger partial charge in [0.1, 0.15) is 5.82 Å². The second kappa shape index (κ2) is 4.57. The minimum atomic E-state index is 0.731. The highest BCUT2D eigenvalue weighted by molar-refractivity contribution is 5.41. The Morgan fingerprint density at radius 3 is 2.47 bits per heavy atom. The quantitative estimate of drug-likeness (QED) is 0.783. The summed E-state index contributed by atoms with van der Waals surface area (Å²) < 4.78 is 3.84. The van der Waals surface area contributed by atoms with Gasteiger partial charge in [0.15, 0.2) is 5.82 Å². The molecule has 0 amide bonds. The highest BCUT2D eigenvalue weighted by atomic mass is 15.3. The topological polar surface area (TPSA) is 51.8 Å². The Kier molecular flexibility index (Phi) is 3.12.